The number of fused-ring (bicyclic) bond motifs is 1. The highest BCUT2D eigenvalue weighted by atomic mass is 32.1. The second-order valence-corrected chi connectivity index (χ2v) is 6.51. The average Bonchev–Trinajstić information content (AvgIpc) is 3.02. The molecule has 1 aliphatic carbocycles. The second-order valence-electron chi connectivity index (χ2n) is 5.48. The van der Waals surface area contributed by atoms with Crippen LogP contribution in [0.15, 0.2) is 12.4 Å². The van der Waals surface area contributed by atoms with Gasteiger partial charge in [0, 0.05) is 19.1 Å². The third-order valence-electron chi connectivity index (χ3n) is 3.82. The first-order chi connectivity index (χ1) is 10.2. The van der Waals surface area contributed by atoms with Crippen molar-refractivity contribution in [1.29, 1.82) is 0 Å². The van der Waals surface area contributed by atoms with Gasteiger partial charge in [-0.1, -0.05) is 0 Å². The van der Waals surface area contributed by atoms with E-state index in [-0.39, 0.29) is 5.91 Å². The smallest absolute Gasteiger partial charge is 0.263 e. The minimum absolute atomic E-state index is 0.0496. The number of carbonyl (C=O) groups is 1. The first-order valence-electron chi connectivity index (χ1n) is 7.02. The van der Waals surface area contributed by atoms with Crippen molar-refractivity contribution in [2.45, 2.75) is 32.0 Å². The van der Waals surface area contributed by atoms with E-state index in [0.717, 1.165) is 36.8 Å². The number of nitrogens with zero attached hydrogens (tertiary/aromatic N) is 4. The predicted molar refractivity (Wildman–Crippen MR) is 80.3 cm³/mol. The van der Waals surface area contributed by atoms with E-state index in [1.807, 2.05) is 10.6 Å². The number of hydrogen-bond donors (Lipinski definition) is 2. The zero-order valence-corrected chi connectivity index (χ0v) is 12.3. The number of carbonyl (C=O) groups excluding carboxylic acids is 1. The molecule has 2 aliphatic rings. The van der Waals surface area contributed by atoms with Crippen LogP contribution in [0.3, 0.4) is 0 Å². The molecule has 1 amide bonds. The van der Waals surface area contributed by atoms with Crippen molar-refractivity contribution < 1.29 is 4.79 Å². The Bertz CT molecular complexity index is 689. The summed E-state index contributed by atoms with van der Waals surface area (Å²) in [5.74, 6) is 0.892. The molecule has 0 atom stereocenters. The molecule has 0 spiro atoms. The molecule has 0 saturated heterocycles. The summed E-state index contributed by atoms with van der Waals surface area (Å²) in [4.78, 5) is 15.0. The minimum Gasteiger partial charge on any atom is -0.397 e. The van der Waals surface area contributed by atoms with Gasteiger partial charge in [-0.2, -0.15) is 0 Å². The summed E-state index contributed by atoms with van der Waals surface area (Å²) in [5, 5.41) is 12.0. The third-order valence-corrected chi connectivity index (χ3v) is 5.03. The second kappa shape index (κ2) is 4.73. The van der Waals surface area contributed by atoms with Crippen molar-refractivity contribution in [1.82, 2.24) is 20.1 Å². The number of amides is 1. The molecule has 3 heterocycles. The van der Waals surface area contributed by atoms with Gasteiger partial charge in [-0.25, -0.2) is 0 Å². The zero-order valence-electron chi connectivity index (χ0n) is 11.5. The summed E-state index contributed by atoms with van der Waals surface area (Å²) >= 11 is 1.45. The van der Waals surface area contributed by atoms with Gasteiger partial charge in [0.05, 0.1) is 17.2 Å². The summed E-state index contributed by atoms with van der Waals surface area (Å²) in [6, 6.07) is 2.23. The van der Waals surface area contributed by atoms with Crippen molar-refractivity contribution in [2.24, 2.45) is 0 Å². The predicted octanol–water partition coefficient (Wildman–Crippen LogP) is 0.834. The lowest BCUT2D eigenvalue weighted by Gasteiger charge is -2.27. The monoisotopic (exact) mass is 304 g/mol. The number of thiophene rings is 1. The molecule has 4 rings (SSSR count). The van der Waals surface area contributed by atoms with Crippen molar-refractivity contribution in [3.05, 3.63) is 23.1 Å². The largest absolute Gasteiger partial charge is 0.397 e. The van der Waals surface area contributed by atoms with E-state index in [4.69, 9.17) is 5.73 Å². The molecule has 0 bridgehead atoms. The SMILES string of the molecule is Nc1cc(N2CCn3cnnc3C2)sc1C(=O)NC1CC1. The van der Waals surface area contributed by atoms with Crippen molar-refractivity contribution in [3.8, 4) is 0 Å². The Hall–Kier alpha value is -2.09. The molecule has 110 valence electrons. The van der Waals surface area contributed by atoms with Gasteiger partial charge in [0.25, 0.3) is 5.91 Å². The fraction of sp³-hybridized carbons (Fsp3) is 0.462. The van der Waals surface area contributed by atoms with Gasteiger partial charge in [0.15, 0.2) is 5.82 Å². The molecule has 3 N–H and O–H groups in total. The van der Waals surface area contributed by atoms with Crippen molar-refractivity contribution >= 4 is 27.9 Å². The lowest BCUT2D eigenvalue weighted by molar-refractivity contribution is 0.0956. The minimum atomic E-state index is -0.0496. The van der Waals surface area contributed by atoms with Gasteiger partial charge in [0.1, 0.15) is 11.2 Å². The lowest BCUT2D eigenvalue weighted by Crippen LogP contribution is -2.33. The van der Waals surface area contributed by atoms with E-state index >= 15 is 0 Å². The van der Waals surface area contributed by atoms with Gasteiger partial charge in [-0.05, 0) is 18.9 Å². The van der Waals surface area contributed by atoms with E-state index in [1.165, 1.54) is 11.3 Å². The summed E-state index contributed by atoms with van der Waals surface area (Å²) in [6.07, 6.45) is 3.90. The van der Waals surface area contributed by atoms with E-state index in [0.29, 0.717) is 23.2 Å². The Kier molecular flexibility index (Phi) is 2.85. The van der Waals surface area contributed by atoms with Gasteiger partial charge >= 0.3 is 0 Å². The molecule has 0 aromatic carbocycles. The molecule has 2 aromatic rings. The van der Waals surface area contributed by atoms with Crippen molar-refractivity contribution in [3.63, 3.8) is 0 Å². The van der Waals surface area contributed by atoms with E-state index < -0.39 is 0 Å². The summed E-state index contributed by atoms with van der Waals surface area (Å²) in [5.41, 5.74) is 6.57. The fourth-order valence-electron chi connectivity index (χ4n) is 2.46. The summed E-state index contributed by atoms with van der Waals surface area (Å²) in [7, 11) is 0. The van der Waals surface area contributed by atoms with Gasteiger partial charge in [-0.15, -0.1) is 21.5 Å². The van der Waals surface area contributed by atoms with Gasteiger partial charge in [0.2, 0.25) is 0 Å². The lowest BCUT2D eigenvalue weighted by atomic mass is 10.3. The number of rotatable bonds is 3. The molecule has 8 heteroatoms. The van der Waals surface area contributed by atoms with E-state index in [2.05, 4.69) is 20.4 Å². The number of hydrogen-bond acceptors (Lipinski definition) is 6. The summed E-state index contributed by atoms with van der Waals surface area (Å²) < 4.78 is 2.05. The zero-order chi connectivity index (χ0) is 14.4. The standard InChI is InChI=1S/C13H16N6OS/c14-9-5-11(21-12(9)13(20)16-8-1-2-8)18-3-4-19-7-15-17-10(19)6-18/h5,7-8H,1-4,6,14H2,(H,16,20). The molecule has 21 heavy (non-hydrogen) atoms. The van der Waals surface area contributed by atoms with Gasteiger partial charge in [-0.3, -0.25) is 4.79 Å². The fourth-order valence-corrected chi connectivity index (χ4v) is 3.47. The molecule has 1 fully saturated rings. The molecule has 0 radical (unpaired) electrons. The van der Waals surface area contributed by atoms with Crippen LogP contribution in [-0.4, -0.2) is 33.3 Å². The van der Waals surface area contributed by atoms with Crippen LogP contribution in [0.2, 0.25) is 0 Å². The van der Waals surface area contributed by atoms with Crippen molar-refractivity contribution in [2.75, 3.05) is 17.2 Å². The van der Waals surface area contributed by atoms with Crippen LogP contribution in [0.5, 0.6) is 0 Å². The Morgan fingerprint density at radius 2 is 2.29 bits per heavy atom. The van der Waals surface area contributed by atoms with Crippen LogP contribution in [-0.2, 0) is 13.1 Å². The number of anilines is 2. The third kappa shape index (κ3) is 2.35. The quantitative estimate of drug-likeness (QED) is 0.877. The molecule has 2 aromatic heterocycles. The topological polar surface area (TPSA) is 89.1 Å². The number of nitrogens with one attached hydrogen (secondary N) is 1. The maximum absolute atomic E-state index is 12.1. The van der Waals surface area contributed by atoms with E-state index in [1.54, 1.807) is 6.33 Å². The highest BCUT2D eigenvalue weighted by Crippen LogP contribution is 2.34. The Morgan fingerprint density at radius 3 is 3.10 bits per heavy atom. The molecule has 1 aliphatic heterocycles. The van der Waals surface area contributed by atoms with Crippen LogP contribution in [0.4, 0.5) is 10.7 Å². The number of aromatic nitrogens is 3. The van der Waals surface area contributed by atoms with Gasteiger partial charge < -0.3 is 20.5 Å². The summed E-state index contributed by atoms with van der Waals surface area (Å²) in [6.45, 7) is 2.42. The van der Waals surface area contributed by atoms with Crippen LogP contribution >= 0.6 is 11.3 Å². The molecule has 7 nitrogen and oxygen atoms in total. The van der Waals surface area contributed by atoms with E-state index in [9.17, 15) is 4.79 Å². The first kappa shape index (κ1) is 12.6. The number of nitrogens with two attached hydrogens (primary N) is 1. The van der Waals surface area contributed by atoms with Crippen LogP contribution in [0.25, 0.3) is 0 Å². The highest BCUT2D eigenvalue weighted by Gasteiger charge is 2.27. The first-order valence-corrected chi connectivity index (χ1v) is 7.84. The van der Waals surface area contributed by atoms with Crippen LogP contribution in [0.1, 0.15) is 28.3 Å². The molecule has 0 unspecified atom stereocenters. The maximum atomic E-state index is 12.1. The molecular formula is C13H16N6OS. The Balaban J connectivity index is 1.54. The average molecular weight is 304 g/mol. The normalized spacial score (nSPS) is 17.6. The molecule has 1 saturated carbocycles. The highest BCUT2D eigenvalue weighted by molar-refractivity contribution is 7.18. The van der Waals surface area contributed by atoms with Crippen LogP contribution < -0.4 is 16.0 Å². The Morgan fingerprint density at radius 1 is 1.43 bits per heavy atom. The number of nitrogen functional groups attached to an aromatic ring is 1. The maximum Gasteiger partial charge on any atom is 0.263 e. The Labute approximate surface area is 125 Å². The van der Waals surface area contributed by atoms with Crippen LogP contribution in [0, 0.1) is 0 Å². The molecular weight excluding hydrogens is 288 g/mol.